The molecular weight excluding hydrogens is 548 g/mol. The molecule has 0 bridgehead atoms. The first kappa shape index (κ1) is 28.8. The van der Waals surface area contributed by atoms with Crippen molar-refractivity contribution in [3.05, 3.63) is 53.6 Å². The molecule has 226 valence electrons. The van der Waals surface area contributed by atoms with Crippen LogP contribution in [0, 0.1) is 6.92 Å². The molecule has 1 unspecified atom stereocenters. The van der Waals surface area contributed by atoms with Gasteiger partial charge in [-0.3, -0.25) is 9.78 Å². The molecule has 12 nitrogen and oxygen atoms in total. The van der Waals surface area contributed by atoms with E-state index in [4.69, 9.17) is 9.84 Å². The average molecular weight is 587 g/mol. The molecule has 2 aliphatic heterocycles. The number of aromatic nitrogens is 5. The maximum Gasteiger partial charge on any atom is 0.407 e. The van der Waals surface area contributed by atoms with Crippen LogP contribution < -0.4 is 0 Å². The fourth-order valence-corrected chi connectivity index (χ4v) is 5.89. The molecule has 5 heterocycles. The Balaban J connectivity index is 1.40. The second kappa shape index (κ2) is 12.1. The first-order valence-electron chi connectivity index (χ1n) is 14.9. The number of imidazole rings is 1. The summed E-state index contributed by atoms with van der Waals surface area (Å²) in [5.41, 5.74) is 5.68. The number of aromatic amines is 1. The van der Waals surface area contributed by atoms with Crippen LogP contribution in [0.4, 0.5) is 4.79 Å². The van der Waals surface area contributed by atoms with Gasteiger partial charge in [-0.05, 0) is 69.0 Å². The molecule has 1 aromatic carbocycles. The number of amides is 2. The van der Waals surface area contributed by atoms with Crippen LogP contribution in [0.3, 0.4) is 0 Å². The maximum absolute atomic E-state index is 13.3. The molecule has 2 fully saturated rings. The molecule has 2 saturated heterocycles. The van der Waals surface area contributed by atoms with E-state index in [1.54, 1.807) is 12.4 Å². The van der Waals surface area contributed by atoms with Crippen LogP contribution in [0.2, 0.25) is 0 Å². The molecule has 0 saturated carbocycles. The van der Waals surface area contributed by atoms with Crippen LogP contribution in [-0.4, -0.2) is 103 Å². The number of ether oxygens (including phenoxy) is 1. The lowest BCUT2D eigenvalue weighted by Crippen LogP contribution is -2.47. The predicted molar refractivity (Wildman–Crippen MR) is 162 cm³/mol. The normalized spacial score (nSPS) is 17.8. The molecule has 2 aliphatic rings. The van der Waals surface area contributed by atoms with E-state index in [0.29, 0.717) is 43.5 Å². The average Bonchev–Trinajstić information content (AvgIpc) is 3.66. The molecular formula is C31H38N8O4. The summed E-state index contributed by atoms with van der Waals surface area (Å²) in [4.78, 5) is 42.7. The SMILES string of the molecule is CCN(Cc1cncc(-c2ccc3c(c2)c(-c2ncc(C(=O)N4CCN(C)CC4)[nH]2)nn3C2CCCCO2)c1C)C(=O)O. The molecule has 2 N–H and O–H groups in total. The number of H-pyrrole nitrogens is 1. The van der Waals surface area contributed by atoms with Gasteiger partial charge in [-0.1, -0.05) is 6.07 Å². The Labute approximate surface area is 250 Å². The van der Waals surface area contributed by atoms with Crippen molar-refractivity contribution in [2.45, 2.75) is 45.9 Å². The number of rotatable bonds is 7. The molecule has 0 aliphatic carbocycles. The van der Waals surface area contributed by atoms with Crippen molar-refractivity contribution in [3.8, 4) is 22.6 Å². The first-order valence-corrected chi connectivity index (χ1v) is 14.9. The summed E-state index contributed by atoms with van der Waals surface area (Å²) in [6, 6.07) is 6.16. The van der Waals surface area contributed by atoms with Gasteiger partial charge in [-0.25, -0.2) is 14.5 Å². The monoisotopic (exact) mass is 586 g/mol. The van der Waals surface area contributed by atoms with E-state index in [0.717, 1.165) is 65.5 Å². The van der Waals surface area contributed by atoms with Crippen LogP contribution in [0.25, 0.3) is 33.5 Å². The Bertz CT molecular complexity index is 1630. The number of hydrogen-bond donors (Lipinski definition) is 2. The molecule has 0 radical (unpaired) electrons. The van der Waals surface area contributed by atoms with Gasteiger partial charge in [0, 0.05) is 62.7 Å². The van der Waals surface area contributed by atoms with Crippen molar-refractivity contribution >= 4 is 22.9 Å². The summed E-state index contributed by atoms with van der Waals surface area (Å²) in [6.45, 7) is 8.20. The second-order valence-electron chi connectivity index (χ2n) is 11.4. The summed E-state index contributed by atoms with van der Waals surface area (Å²) in [7, 11) is 2.06. The maximum atomic E-state index is 13.3. The van der Waals surface area contributed by atoms with Crippen molar-refractivity contribution in [1.82, 2.24) is 39.4 Å². The highest BCUT2D eigenvalue weighted by Gasteiger charge is 2.26. The lowest BCUT2D eigenvalue weighted by Gasteiger charge is -2.32. The molecule has 6 rings (SSSR count). The fraction of sp³-hybridized carbons (Fsp3) is 0.452. The minimum absolute atomic E-state index is 0.0621. The Morgan fingerprint density at radius 2 is 1.95 bits per heavy atom. The zero-order valence-electron chi connectivity index (χ0n) is 24.9. The Morgan fingerprint density at radius 3 is 2.67 bits per heavy atom. The molecule has 3 aromatic heterocycles. The van der Waals surface area contributed by atoms with Gasteiger partial charge in [0.15, 0.2) is 12.1 Å². The number of hydrogen-bond acceptors (Lipinski definition) is 7. The fourth-order valence-electron chi connectivity index (χ4n) is 5.89. The molecule has 4 aromatic rings. The molecule has 0 spiro atoms. The third kappa shape index (κ3) is 5.72. The quantitative estimate of drug-likeness (QED) is 0.326. The van der Waals surface area contributed by atoms with E-state index >= 15 is 0 Å². The lowest BCUT2D eigenvalue weighted by atomic mass is 9.97. The van der Waals surface area contributed by atoms with E-state index < -0.39 is 6.09 Å². The standard InChI is InChI=1S/C31H38N8O4/c1-4-37(31(41)42)19-22-16-32-17-24(20(22)2)21-8-9-26-23(15-21)28(35-39(26)27-7-5-6-14-43-27)29-33-18-25(34-29)30(40)38-12-10-36(3)11-13-38/h8-9,15-18,27H,4-7,10-14,19H2,1-3H3,(H,33,34)(H,41,42). The largest absolute Gasteiger partial charge is 0.465 e. The second-order valence-corrected chi connectivity index (χ2v) is 11.4. The summed E-state index contributed by atoms with van der Waals surface area (Å²) in [5, 5.41) is 15.4. The number of fused-ring (bicyclic) bond motifs is 1. The van der Waals surface area contributed by atoms with Gasteiger partial charge < -0.3 is 29.5 Å². The van der Waals surface area contributed by atoms with Crippen LogP contribution in [0.1, 0.15) is 54.0 Å². The van der Waals surface area contributed by atoms with Gasteiger partial charge in [0.25, 0.3) is 5.91 Å². The Kier molecular flexibility index (Phi) is 8.13. The van der Waals surface area contributed by atoms with Gasteiger partial charge >= 0.3 is 6.09 Å². The number of carbonyl (C=O) groups excluding carboxylic acids is 1. The van der Waals surface area contributed by atoms with Crippen molar-refractivity contribution in [2.75, 3.05) is 46.4 Å². The lowest BCUT2D eigenvalue weighted by molar-refractivity contribution is -0.0365. The molecule has 12 heteroatoms. The number of likely N-dealkylation sites (N-methyl/N-ethyl adjacent to an activating group) is 1. The number of carboxylic acid groups (broad SMARTS) is 1. The van der Waals surface area contributed by atoms with Gasteiger partial charge in [-0.2, -0.15) is 5.10 Å². The molecule has 1 atom stereocenters. The van der Waals surface area contributed by atoms with Crippen LogP contribution in [0.15, 0.2) is 36.8 Å². The minimum atomic E-state index is -0.959. The summed E-state index contributed by atoms with van der Waals surface area (Å²) < 4.78 is 8.05. The van der Waals surface area contributed by atoms with Gasteiger partial charge in [0.05, 0.1) is 18.3 Å². The highest BCUT2D eigenvalue weighted by atomic mass is 16.5. The van der Waals surface area contributed by atoms with Crippen LogP contribution in [0.5, 0.6) is 0 Å². The van der Waals surface area contributed by atoms with E-state index in [2.05, 4.69) is 33.0 Å². The van der Waals surface area contributed by atoms with Gasteiger partial charge in [0.1, 0.15) is 11.4 Å². The van der Waals surface area contributed by atoms with Crippen LogP contribution >= 0.6 is 0 Å². The van der Waals surface area contributed by atoms with Gasteiger partial charge in [-0.15, -0.1) is 0 Å². The topological polar surface area (TPSA) is 133 Å². The third-order valence-corrected chi connectivity index (χ3v) is 8.60. The van der Waals surface area contributed by atoms with Crippen molar-refractivity contribution in [3.63, 3.8) is 0 Å². The first-order chi connectivity index (χ1) is 20.8. The zero-order chi connectivity index (χ0) is 30.1. The summed E-state index contributed by atoms with van der Waals surface area (Å²) >= 11 is 0. The van der Waals surface area contributed by atoms with Crippen LogP contribution in [-0.2, 0) is 11.3 Å². The number of pyridine rings is 1. The summed E-state index contributed by atoms with van der Waals surface area (Å²) in [5.74, 6) is 0.464. The number of nitrogens with zero attached hydrogens (tertiary/aromatic N) is 7. The van der Waals surface area contributed by atoms with Crippen molar-refractivity contribution in [2.24, 2.45) is 0 Å². The number of benzene rings is 1. The van der Waals surface area contributed by atoms with E-state index in [1.165, 1.54) is 4.90 Å². The Morgan fingerprint density at radius 1 is 1.14 bits per heavy atom. The third-order valence-electron chi connectivity index (χ3n) is 8.60. The highest BCUT2D eigenvalue weighted by molar-refractivity contribution is 5.97. The number of piperazine rings is 1. The van der Waals surface area contributed by atoms with Gasteiger partial charge in [0.2, 0.25) is 0 Å². The number of carbonyl (C=O) groups is 2. The highest BCUT2D eigenvalue weighted by Crippen LogP contribution is 2.35. The predicted octanol–water partition coefficient (Wildman–Crippen LogP) is 4.38. The Hall–Kier alpha value is -4.29. The zero-order valence-corrected chi connectivity index (χ0v) is 24.9. The van der Waals surface area contributed by atoms with E-state index in [1.807, 2.05) is 41.8 Å². The number of nitrogens with one attached hydrogen (secondary N) is 1. The summed E-state index contributed by atoms with van der Waals surface area (Å²) in [6.07, 6.45) is 6.96. The minimum Gasteiger partial charge on any atom is -0.465 e. The molecule has 2 amide bonds. The smallest absolute Gasteiger partial charge is 0.407 e. The molecule has 43 heavy (non-hydrogen) atoms. The van der Waals surface area contributed by atoms with E-state index in [9.17, 15) is 14.7 Å². The van der Waals surface area contributed by atoms with E-state index in [-0.39, 0.29) is 18.7 Å². The van der Waals surface area contributed by atoms with Crippen molar-refractivity contribution in [1.29, 1.82) is 0 Å². The van der Waals surface area contributed by atoms with Crippen molar-refractivity contribution < 1.29 is 19.4 Å².